The van der Waals surface area contributed by atoms with Crippen LogP contribution in [0.15, 0.2) is 29.4 Å². The van der Waals surface area contributed by atoms with Crippen LogP contribution in [0, 0.1) is 26.9 Å². The van der Waals surface area contributed by atoms with Crippen LogP contribution in [-0.4, -0.2) is 16.5 Å². The Labute approximate surface area is 135 Å². The smallest absolute Gasteiger partial charge is 0.267 e. The zero-order chi connectivity index (χ0) is 16.8. The molecule has 2 atom stereocenters. The zero-order valence-corrected chi connectivity index (χ0v) is 13.6. The average molecular weight is 315 g/mol. The Morgan fingerprint density at radius 1 is 1.35 bits per heavy atom. The molecule has 2 unspecified atom stereocenters. The van der Waals surface area contributed by atoms with Gasteiger partial charge in [-0.1, -0.05) is 32.9 Å². The maximum Gasteiger partial charge on any atom is 0.282 e. The fourth-order valence-electron chi connectivity index (χ4n) is 4.31. The van der Waals surface area contributed by atoms with E-state index in [-0.39, 0.29) is 22.1 Å². The van der Waals surface area contributed by atoms with E-state index in [0.29, 0.717) is 5.92 Å². The molecule has 1 N–H and O–H groups in total. The quantitative estimate of drug-likeness (QED) is 0.684. The lowest BCUT2D eigenvalue weighted by molar-refractivity contribution is -0.385. The second-order valence-corrected chi connectivity index (χ2v) is 7.40. The van der Waals surface area contributed by atoms with Gasteiger partial charge in [0.1, 0.15) is 5.56 Å². The number of fused-ring (bicyclic) bond motifs is 2. The van der Waals surface area contributed by atoms with Crippen LogP contribution in [0.2, 0.25) is 0 Å². The number of amides is 1. The van der Waals surface area contributed by atoms with Gasteiger partial charge in [0.2, 0.25) is 0 Å². The molecule has 1 amide bonds. The molecule has 23 heavy (non-hydrogen) atoms. The molecule has 0 aliphatic heterocycles. The van der Waals surface area contributed by atoms with Crippen LogP contribution in [0.4, 0.5) is 5.69 Å². The summed E-state index contributed by atoms with van der Waals surface area (Å²) in [6.45, 7) is 6.52. The summed E-state index contributed by atoms with van der Waals surface area (Å²) in [7, 11) is 0. The summed E-state index contributed by atoms with van der Waals surface area (Å²) in [6.07, 6.45) is 3.38. The van der Waals surface area contributed by atoms with Gasteiger partial charge in [0.05, 0.1) is 10.6 Å². The van der Waals surface area contributed by atoms with Crippen molar-refractivity contribution in [1.29, 1.82) is 0 Å². The molecule has 2 aliphatic rings. The number of hydrogen-bond donors (Lipinski definition) is 1. The normalized spacial score (nSPS) is 29.7. The van der Waals surface area contributed by atoms with E-state index in [9.17, 15) is 14.9 Å². The van der Waals surface area contributed by atoms with E-state index in [0.717, 1.165) is 18.6 Å². The third kappa shape index (κ3) is 2.42. The Morgan fingerprint density at radius 3 is 2.65 bits per heavy atom. The number of carbonyl (C=O) groups excluding carboxylic acids is 1. The Kier molecular flexibility index (Phi) is 3.50. The number of hydrazone groups is 1. The molecule has 0 radical (unpaired) electrons. The Morgan fingerprint density at radius 2 is 2.04 bits per heavy atom. The van der Waals surface area contributed by atoms with Crippen LogP contribution in [-0.2, 0) is 0 Å². The Bertz CT molecular complexity index is 704. The molecule has 2 bridgehead atoms. The van der Waals surface area contributed by atoms with Crippen molar-refractivity contribution in [3.05, 3.63) is 39.9 Å². The van der Waals surface area contributed by atoms with Gasteiger partial charge in [-0.3, -0.25) is 14.9 Å². The molecular formula is C17H21N3O3. The lowest BCUT2D eigenvalue weighted by Crippen LogP contribution is -2.38. The molecule has 122 valence electrons. The van der Waals surface area contributed by atoms with Gasteiger partial charge in [0.25, 0.3) is 11.6 Å². The second-order valence-electron chi connectivity index (χ2n) is 7.40. The first-order valence-corrected chi connectivity index (χ1v) is 7.88. The lowest BCUT2D eigenvalue weighted by Gasteiger charge is -2.35. The van der Waals surface area contributed by atoms with E-state index >= 15 is 0 Å². The van der Waals surface area contributed by atoms with Crippen LogP contribution in [0.1, 0.15) is 50.4 Å². The summed E-state index contributed by atoms with van der Waals surface area (Å²) >= 11 is 0. The summed E-state index contributed by atoms with van der Waals surface area (Å²) in [5.41, 5.74) is 3.38. The third-order valence-corrected chi connectivity index (χ3v) is 5.56. The van der Waals surface area contributed by atoms with E-state index in [1.54, 1.807) is 12.1 Å². The first kappa shape index (κ1) is 15.6. The molecule has 3 rings (SSSR count). The van der Waals surface area contributed by atoms with Gasteiger partial charge in [-0.25, -0.2) is 5.43 Å². The fraction of sp³-hybridized carbons (Fsp3) is 0.529. The molecule has 2 saturated carbocycles. The topological polar surface area (TPSA) is 84.6 Å². The number of nitro groups is 1. The van der Waals surface area contributed by atoms with Crippen molar-refractivity contribution in [3.8, 4) is 0 Å². The number of rotatable bonds is 3. The second kappa shape index (κ2) is 5.15. The number of carbonyl (C=O) groups is 1. The molecule has 1 aromatic carbocycles. The van der Waals surface area contributed by atoms with Crippen LogP contribution in [0.5, 0.6) is 0 Å². The summed E-state index contributed by atoms with van der Waals surface area (Å²) in [4.78, 5) is 22.8. The highest BCUT2D eigenvalue weighted by molar-refractivity contribution is 6.01. The van der Waals surface area contributed by atoms with E-state index in [1.807, 2.05) is 0 Å². The molecule has 1 aromatic rings. The number of nitrogens with one attached hydrogen (secondary N) is 1. The maximum absolute atomic E-state index is 12.3. The highest BCUT2D eigenvalue weighted by atomic mass is 16.6. The first-order valence-electron chi connectivity index (χ1n) is 7.88. The lowest BCUT2D eigenvalue weighted by atomic mass is 9.71. The molecule has 0 saturated heterocycles. The predicted molar refractivity (Wildman–Crippen MR) is 87.2 cm³/mol. The average Bonchev–Trinajstić information content (AvgIpc) is 2.97. The summed E-state index contributed by atoms with van der Waals surface area (Å²) in [5, 5.41) is 15.4. The Balaban J connectivity index is 1.86. The molecule has 0 aromatic heterocycles. The minimum absolute atomic E-state index is 0.0318. The zero-order valence-electron chi connectivity index (χ0n) is 13.6. The van der Waals surface area contributed by atoms with E-state index < -0.39 is 10.8 Å². The highest BCUT2D eigenvalue weighted by Gasteiger charge is 2.57. The van der Waals surface area contributed by atoms with E-state index in [1.165, 1.54) is 18.6 Å². The molecule has 0 heterocycles. The number of para-hydroxylation sites is 1. The van der Waals surface area contributed by atoms with Crippen molar-refractivity contribution in [2.24, 2.45) is 21.8 Å². The van der Waals surface area contributed by atoms with Gasteiger partial charge in [-0.05, 0) is 31.2 Å². The summed E-state index contributed by atoms with van der Waals surface area (Å²) in [5.74, 6) is 0.0567. The van der Waals surface area contributed by atoms with Gasteiger partial charge in [0, 0.05) is 16.9 Å². The van der Waals surface area contributed by atoms with Crippen molar-refractivity contribution in [2.45, 2.75) is 40.0 Å². The predicted octanol–water partition coefficient (Wildman–Crippen LogP) is 3.53. The number of hydrogen-bond acceptors (Lipinski definition) is 4. The molecule has 6 heteroatoms. The Hall–Kier alpha value is -2.24. The largest absolute Gasteiger partial charge is 0.282 e. The van der Waals surface area contributed by atoms with E-state index in [4.69, 9.17) is 0 Å². The van der Waals surface area contributed by atoms with Crippen molar-refractivity contribution >= 4 is 17.3 Å². The van der Waals surface area contributed by atoms with Crippen LogP contribution < -0.4 is 5.43 Å². The van der Waals surface area contributed by atoms with Crippen molar-refractivity contribution in [3.63, 3.8) is 0 Å². The van der Waals surface area contributed by atoms with Crippen LogP contribution in [0.3, 0.4) is 0 Å². The van der Waals surface area contributed by atoms with E-state index in [2.05, 4.69) is 31.3 Å². The molecule has 6 nitrogen and oxygen atoms in total. The summed E-state index contributed by atoms with van der Waals surface area (Å²) < 4.78 is 0. The van der Waals surface area contributed by atoms with Gasteiger partial charge < -0.3 is 0 Å². The maximum atomic E-state index is 12.3. The number of benzene rings is 1. The van der Waals surface area contributed by atoms with Crippen molar-refractivity contribution in [1.82, 2.24) is 5.43 Å². The highest BCUT2D eigenvalue weighted by Crippen LogP contribution is 2.60. The number of nitrogens with zero attached hydrogens (tertiary/aromatic N) is 2. The number of nitro benzene ring substituents is 1. The van der Waals surface area contributed by atoms with Gasteiger partial charge in [-0.15, -0.1) is 0 Å². The van der Waals surface area contributed by atoms with Crippen LogP contribution >= 0.6 is 0 Å². The summed E-state index contributed by atoms with van der Waals surface area (Å²) in [6, 6.07) is 5.92. The fourth-order valence-corrected chi connectivity index (χ4v) is 4.31. The van der Waals surface area contributed by atoms with Gasteiger partial charge in [-0.2, -0.15) is 5.10 Å². The molecule has 2 aliphatic carbocycles. The minimum atomic E-state index is -0.551. The standard InChI is InChI=1S/C17H21N3O3/c1-16(2)11-8-9-17(3,10-11)15(16)19-18-14(21)12-6-4-5-7-13(12)20(22)23/h4-7,11H,8-10H2,1-3H3,(H,18,21). The monoisotopic (exact) mass is 315 g/mol. The SMILES string of the molecule is CC12CCC(C1)C(C)(C)C2=NNC(=O)c1ccccc1[N+](=O)[O-]. The molecule has 0 spiro atoms. The minimum Gasteiger partial charge on any atom is -0.267 e. The van der Waals surface area contributed by atoms with Crippen molar-refractivity contribution < 1.29 is 9.72 Å². The van der Waals surface area contributed by atoms with Crippen molar-refractivity contribution in [2.75, 3.05) is 0 Å². The van der Waals surface area contributed by atoms with Crippen LogP contribution in [0.25, 0.3) is 0 Å². The molecular weight excluding hydrogens is 294 g/mol. The van der Waals surface area contributed by atoms with Gasteiger partial charge >= 0.3 is 0 Å². The third-order valence-electron chi connectivity index (χ3n) is 5.56. The van der Waals surface area contributed by atoms with Gasteiger partial charge in [0.15, 0.2) is 0 Å². The first-order chi connectivity index (χ1) is 10.8. The molecule has 2 fully saturated rings.